The Balaban J connectivity index is 1.72. The molecular formula is C21H16F2N2O5. The van der Waals surface area contributed by atoms with Gasteiger partial charge < -0.3 is 10.1 Å². The van der Waals surface area contributed by atoms with Crippen LogP contribution in [0, 0.1) is 11.6 Å². The normalized spacial score (nSPS) is 13.6. The van der Waals surface area contributed by atoms with Crippen LogP contribution in [-0.4, -0.2) is 41.2 Å². The minimum atomic E-state index is -1.39. The smallest absolute Gasteiger partial charge is 0.338 e. The van der Waals surface area contributed by atoms with E-state index in [4.69, 9.17) is 4.74 Å². The Morgan fingerprint density at radius 1 is 1.13 bits per heavy atom. The van der Waals surface area contributed by atoms with Gasteiger partial charge in [0.2, 0.25) is 0 Å². The molecule has 0 saturated carbocycles. The number of nitrogens with one attached hydrogen (secondary N) is 1. The zero-order valence-electron chi connectivity index (χ0n) is 15.8. The molecule has 7 nitrogen and oxygen atoms in total. The molecule has 1 aliphatic heterocycles. The van der Waals surface area contributed by atoms with E-state index in [1.165, 1.54) is 31.2 Å². The lowest BCUT2D eigenvalue weighted by molar-refractivity contribution is -0.123. The quantitative estimate of drug-likeness (QED) is 0.446. The van der Waals surface area contributed by atoms with Gasteiger partial charge >= 0.3 is 5.97 Å². The second-order valence-electron chi connectivity index (χ2n) is 6.40. The van der Waals surface area contributed by atoms with E-state index in [-0.39, 0.29) is 23.2 Å². The molecule has 0 aliphatic carbocycles. The number of hydrogen-bond acceptors (Lipinski definition) is 5. The van der Waals surface area contributed by atoms with Crippen molar-refractivity contribution in [3.63, 3.8) is 0 Å². The van der Waals surface area contributed by atoms with E-state index in [1.54, 1.807) is 0 Å². The summed E-state index contributed by atoms with van der Waals surface area (Å²) >= 11 is 0. The van der Waals surface area contributed by atoms with Crippen molar-refractivity contribution >= 4 is 29.4 Å². The number of hydrogen-bond donors (Lipinski definition) is 1. The summed E-state index contributed by atoms with van der Waals surface area (Å²) in [5.74, 6) is -4.94. The standard InChI is InChI=1S/C21H16F2N2O5/c1-3-9-25-19(27)13-8-7-12(10-14(13)20(25)28)21(29)30-11(2)18(26)24-17-15(22)5-4-6-16(17)23/h3-8,10-11H,1,9H2,2H3,(H,24,26)/t11-/m1/s1. The summed E-state index contributed by atoms with van der Waals surface area (Å²) in [7, 11) is 0. The average molecular weight is 414 g/mol. The van der Waals surface area contributed by atoms with Gasteiger partial charge in [-0.15, -0.1) is 6.58 Å². The fourth-order valence-electron chi connectivity index (χ4n) is 2.84. The van der Waals surface area contributed by atoms with Gasteiger partial charge in [-0.3, -0.25) is 19.3 Å². The Hall–Kier alpha value is -3.88. The van der Waals surface area contributed by atoms with Crippen LogP contribution in [0.3, 0.4) is 0 Å². The largest absolute Gasteiger partial charge is 0.449 e. The molecule has 30 heavy (non-hydrogen) atoms. The molecule has 0 aromatic heterocycles. The Labute approximate surface area is 169 Å². The molecule has 2 aromatic rings. The van der Waals surface area contributed by atoms with Crippen molar-refractivity contribution in [1.82, 2.24) is 4.90 Å². The molecule has 154 valence electrons. The summed E-state index contributed by atoms with van der Waals surface area (Å²) in [5, 5.41) is 2.03. The van der Waals surface area contributed by atoms with Gasteiger partial charge in [-0.25, -0.2) is 13.6 Å². The van der Waals surface area contributed by atoms with Crippen LogP contribution in [0.1, 0.15) is 38.0 Å². The van der Waals surface area contributed by atoms with E-state index in [0.717, 1.165) is 23.1 Å². The number of rotatable bonds is 6. The number of esters is 1. The highest BCUT2D eigenvalue weighted by Gasteiger charge is 2.35. The number of para-hydroxylation sites is 1. The summed E-state index contributed by atoms with van der Waals surface area (Å²) in [6.45, 7) is 4.73. The zero-order chi connectivity index (χ0) is 22.0. The van der Waals surface area contributed by atoms with Crippen molar-refractivity contribution in [1.29, 1.82) is 0 Å². The van der Waals surface area contributed by atoms with Crippen molar-refractivity contribution in [2.45, 2.75) is 13.0 Å². The number of amides is 3. The highest BCUT2D eigenvalue weighted by atomic mass is 19.1. The van der Waals surface area contributed by atoms with Crippen molar-refractivity contribution in [2.24, 2.45) is 0 Å². The first-order valence-corrected chi connectivity index (χ1v) is 8.81. The molecule has 0 fully saturated rings. The number of halogens is 2. The van der Waals surface area contributed by atoms with Gasteiger partial charge in [-0.1, -0.05) is 12.1 Å². The lowest BCUT2D eigenvalue weighted by atomic mass is 10.1. The van der Waals surface area contributed by atoms with Crippen LogP contribution in [0.25, 0.3) is 0 Å². The van der Waals surface area contributed by atoms with E-state index in [9.17, 15) is 28.0 Å². The number of carbonyl (C=O) groups is 4. The fourth-order valence-corrected chi connectivity index (χ4v) is 2.84. The Morgan fingerprint density at radius 2 is 1.77 bits per heavy atom. The van der Waals surface area contributed by atoms with Crippen molar-refractivity contribution < 1.29 is 32.7 Å². The van der Waals surface area contributed by atoms with E-state index in [2.05, 4.69) is 6.58 Å². The van der Waals surface area contributed by atoms with Crippen LogP contribution < -0.4 is 5.32 Å². The SMILES string of the molecule is C=CCN1C(=O)c2ccc(C(=O)O[C@H](C)C(=O)Nc3c(F)cccc3F)cc2C1=O. The summed E-state index contributed by atoms with van der Waals surface area (Å²) in [6.07, 6.45) is 0.00888. The third-order valence-electron chi connectivity index (χ3n) is 4.38. The third kappa shape index (κ3) is 3.82. The first kappa shape index (κ1) is 20.8. The number of nitrogens with zero attached hydrogens (tertiary/aromatic N) is 1. The summed E-state index contributed by atoms with van der Waals surface area (Å²) in [5.41, 5.74) is -0.553. The first-order chi connectivity index (χ1) is 14.2. The summed E-state index contributed by atoms with van der Waals surface area (Å²) < 4.78 is 32.3. The maximum atomic E-state index is 13.7. The molecule has 2 aromatic carbocycles. The molecule has 9 heteroatoms. The van der Waals surface area contributed by atoms with Gasteiger partial charge in [0.05, 0.1) is 16.7 Å². The lowest BCUT2D eigenvalue weighted by Gasteiger charge is -2.14. The second kappa shape index (κ2) is 8.24. The van der Waals surface area contributed by atoms with Crippen LogP contribution in [0.4, 0.5) is 14.5 Å². The Bertz CT molecular complexity index is 1060. The maximum Gasteiger partial charge on any atom is 0.338 e. The molecule has 0 bridgehead atoms. The number of ether oxygens (including phenoxy) is 1. The molecule has 0 spiro atoms. The minimum Gasteiger partial charge on any atom is -0.449 e. The van der Waals surface area contributed by atoms with Gasteiger partial charge in [-0.2, -0.15) is 0 Å². The highest BCUT2D eigenvalue weighted by molar-refractivity contribution is 6.22. The number of benzene rings is 2. The van der Waals surface area contributed by atoms with Gasteiger partial charge in [0.15, 0.2) is 6.10 Å². The van der Waals surface area contributed by atoms with Crippen LogP contribution in [0.2, 0.25) is 0 Å². The summed E-state index contributed by atoms with van der Waals surface area (Å²) in [6, 6.07) is 6.86. The molecule has 0 radical (unpaired) electrons. The van der Waals surface area contributed by atoms with E-state index in [1.807, 2.05) is 5.32 Å². The average Bonchev–Trinajstić information content (AvgIpc) is 2.95. The third-order valence-corrected chi connectivity index (χ3v) is 4.38. The molecule has 1 N–H and O–H groups in total. The summed E-state index contributed by atoms with van der Waals surface area (Å²) in [4.78, 5) is 50.0. The molecule has 1 heterocycles. The van der Waals surface area contributed by atoms with Crippen molar-refractivity contribution in [3.8, 4) is 0 Å². The molecular weight excluding hydrogens is 398 g/mol. The first-order valence-electron chi connectivity index (χ1n) is 8.81. The number of anilines is 1. The number of imide groups is 1. The van der Waals surface area contributed by atoms with Gasteiger partial charge in [-0.05, 0) is 37.3 Å². The second-order valence-corrected chi connectivity index (χ2v) is 6.40. The molecule has 3 rings (SSSR count). The minimum absolute atomic E-state index is 0.0237. The van der Waals surface area contributed by atoms with E-state index >= 15 is 0 Å². The van der Waals surface area contributed by atoms with Gasteiger partial charge in [0.1, 0.15) is 17.3 Å². The maximum absolute atomic E-state index is 13.7. The van der Waals surface area contributed by atoms with Crippen LogP contribution in [0.15, 0.2) is 49.1 Å². The molecule has 0 saturated heterocycles. The van der Waals surface area contributed by atoms with E-state index < -0.39 is 47.1 Å². The topological polar surface area (TPSA) is 92.8 Å². The van der Waals surface area contributed by atoms with Crippen LogP contribution in [0.5, 0.6) is 0 Å². The van der Waals surface area contributed by atoms with Gasteiger partial charge in [0.25, 0.3) is 17.7 Å². The van der Waals surface area contributed by atoms with Gasteiger partial charge in [0, 0.05) is 6.54 Å². The fraction of sp³-hybridized carbons (Fsp3) is 0.143. The highest BCUT2D eigenvalue weighted by Crippen LogP contribution is 2.24. The van der Waals surface area contributed by atoms with Crippen LogP contribution >= 0.6 is 0 Å². The molecule has 1 aliphatic rings. The molecule has 0 unspecified atom stereocenters. The predicted molar refractivity (Wildman–Crippen MR) is 102 cm³/mol. The Morgan fingerprint density at radius 3 is 2.40 bits per heavy atom. The number of fused-ring (bicyclic) bond motifs is 1. The van der Waals surface area contributed by atoms with Crippen LogP contribution in [-0.2, 0) is 9.53 Å². The molecule has 3 amide bonds. The molecule has 1 atom stereocenters. The lowest BCUT2D eigenvalue weighted by Crippen LogP contribution is -2.30. The zero-order valence-corrected chi connectivity index (χ0v) is 15.8. The van der Waals surface area contributed by atoms with E-state index in [0.29, 0.717) is 0 Å². The predicted octanol–water partition coefficient (Wildman–Crippen LogP) is 2.93. The monoisotopic (exact) mass is 414 g/mol. The van der Waals surface area contributed by atoms with Crippen molar-refractivity contribution in [3.05, 3.63) is 77.4 Å². The number of carbonyl (C=O) groups excluding carboxylic acids is 4. The Kier molecular flexibility index (Phi) is 5.72. The van der Waals surface area contributed by atoms with Crippen molar-refractivity contribution in [2.75, 3.05) is 11.9 Å².